The number of carbonyl (C=O) groups is 1. The molecule has 2 fully saturated rings. The summed E-state index contributed by atoms with van der Waals surface area (Å²) < 4.78 is 0. The number of nitrogens with zero attached hydrogens (tertiary/aromatic N) is 1. The molecule has 0 aromatic carbocycles. The Morgan fingerprint density at radius 1 is 1.44 bits per heavy atom. The highest BCUT2D eigenvalue weighted by molar-refractivity contribution is 5.86. The first-order valence-corrected chi connectivity index (χ1v) is 7.39. The number of hydrogen-bond donors (Lipinski definition) is 2. The van der Waals surface area contributed by atoms with E-state index in [-0.39, 0.29) is 5.91 Å². The van der Waals surface area contributed by atoms with E-state index in [1.165, 1.54) is 12.8 Å². The average Bonchev–Trinajstić information content (AvgIpc) is 3.10. The van der Waals surface area contributed by atoms with E-state index in [9.17, 15) is 4.79 Å². The zero-order valence-corrected chi connectivity index (χ0v) is 11.7. The molecule has 1 aliphatic heterocycles. The van der Waals surface area contributed by atoms with Crippen molar-refractivity contribution in [2.75, 3.05) is 19.6 Å². The number of rotatable bonds is 7. The molecular formula is C14H27N3O. The fourth-order valence-electron chi connectivity index (χ4n) is 3.17. The number of primary amides is 1. The molecule has 18 heavy (non-hydrogen) atoms. The van der Waals surface area contributed by atoms with Gasteiger partial charge >= 0.3 is 0 Å². The van der Waals surface area contributed by atoms with Crippen molar-refractivity contribution < 1.29 is 4.79 Å². The quantitative estimate of drug-likeness (QED) is 0.714. The van der Waals surface area contributed by atoms with Crippen LogP contribution in [0.15, 0.2) is 0 Å². The van der Waals surface area contributed by atoms with Crippen LogP contribution in [0.4, 0.5) is 0 Å². The van der Waals surface area contributed by atoms with Crippen LogP contribution >= 0.6 is 0 Å². The molecule has 0 radical (unpaired) electrons. The number of nitrogens with two attached hydrogens (primary N) is 1. The predicted octanol–water partition coefficient (Wildman–Crippen LogP) is 1.10. The average molecular weight is 253 g/mol. The molecule has 1 saturated heterocycles. The number of amides is 1. The van der Waals surface area contributed by atoms with E-state index in [0.29, 0.717) is 12.0 Å². The van der Waals surface area contributed by atoms with Crippen LogP contribution in [-0.4, -0.2) is 42.0 Å². The molecule has 1 amide bonds. The Balaban J connectivity index is 2.09. The molecule has 2 unspecified atom stereocenters. The summed E-state index contributed by atoms with van der Waals surface area (Å²) in [4.78, 5) is 14.5. The second kappa shape index (κ2) is 5.57. The molecule has 1 heterocycles. The van der Waals surface area contributed by atoms with Gasteiger partial charge in [0, 0.05) is 12.6 Å². The van der Waals surface area contributed by atoms with Gasteiger partial charge in [0.05, 0.1) is 0 Å². The van der Waals surface area contributed by atoms with E-state index in [1.54, 1.807) is 0 Å². The summed E-state index contributed by atoms with van der Waals surface area (Å²) in [5.41, 5.74) is 5.27. The Labute approximate surface area is 110 Å². The van der Waals surface area contributed by atoms with Gasteiger partial charge in [-0.2, -0.15) is 0 Å². The molecular weight excluding hydrogens is 226 g/mol. The summed E-state index contributed by atoms with van der Waals surface area (Å²) in [6.45, 7) is 7.17. The van der Waals surface area contributed by atoms with Gasteiger partial charge in [0.25, 0.3) is 0 Å². The number of nitrogens with one attached hydrogen (secondary N) is 1. The van der Waals surface area contributed by atoms with Crippen molar-refractivity contribution >= 4 is 5.91 Å². The standard InChI is InChI=1S/C14H27N3O/c1-3-8-16-14(13(15)18,12-6-7-12)10-17-9-4-5-11(17)2/h11-12,16H,3-10H2,1-2H3,(H2,15,18). The van der Waals surface area contributed by atoms with Gasteiger partial charge in [-0.15, -0.1) is 0 Å². The monoisotopic (exact) mass is 253 g/mol. The van der Waals surface area contributed by atoms with Crippen LogP contribution in [0.2, 0.25) is 0 Å². The van der Waals surface area contributed by atoms with Gasteiger partial charge in [-0.3, -0.25) is 9.69 Å². The van der Waals surface area contributed by atoms with Crippen molar-refractivity contribution in [2.24, 2.45) is 11.7 Å². The van der Waals surface area contributed by atoms with Crippen LogP contribution in [-0.2, 0) is 4.79 Å². The third-order valence-corrected chi connectivity index (χ3v) is 4.55. The van der Waals surface area contributed by atoms with Crippen LogP contribution in [0.25, 0.3) is 0 Å². The maximum Gasteiger partial charge on any atom is 0.239 e. The molecule has 2 atom stereocenters. The Bertz CT molecular complexity index is 303. The first-order chi connectivity index (χ1) is 8.60. The Morgan fingerprint density at radius 2 is 2.17 bits per heavy atom. The highest BCUT2D eigenvalue weighted by Gasteiger charge is 2.50. The van der Waals surface area contributed by atoms with Crippen LogP contribution < -0.4 is 11.1 Å². The lowest BCUT2D eigenvalue weighted by atomic mass is 9.90. The lowest BCUT2D eigenvalue weighted by Crippen LogP contribution is -2.63. The van der Waals surface area contributed by atoms with Crippen molar-refractivity contribution in [2.45, 2.75) is 57.5 Å². The van der Waals surface area contributed by atoms with Crippen molar-refractivity contribution in [3.63, 3.8) is 0 Å². The minimum Gasteiger partial charge on any atom is -0.368 e. The minimum atomic E-state index is -0.478. The van der Waals surface area contributed by atoms with E-state index < -0.39 is 5.54 Å². The number of hydrogen-bond acceptors (Lipinski definition) is 3. The van der Waals surface area contributed by atoms with E-state index in [1.807, 2.05) is 0 Å². The zero-order valence-electron chi connectivity index (χ0n) is 11.7. The lowest BCUT2D eigenvalue weighted by molar-refractivity contribution is -0.126. The molecule has 4 nitrogen and oxygen atoms in total. The molecule has 0 bridgehead atoms. The van der Waals surface area contributed by atoms with Crippen LogP contribution in [0.5, 0.6) is 0 Å². The smallest absolute Gasteiger partial charge is 0.239 e. The summed E-state index contributed by atoms with van der Waals surface area (Å²) in [6.07, 6.45) is 5.81. The largest absolute Gasteiger partial charge is 0.368 e. The fourth-order valence-corrected chi connectivity index (χ4v) is 3.17. The summed E-state index contributed by atoms with van der Waals surface area (Å²) in [5, 5.41) is 3.48. The number of carbonyl (C=O) groups excluding carboxylic acids is 1. The van der Waals surface area contributed by atoms with Crippen LogP contribution in [0, 0.1) is 5.92 Å². The third kappa shape index (κ3) is 2.69. The molecule has 0 aromatic rings. The second-order valence-corrected chi connectivity index (χ2v) is 6.00. The highest BCUT2D eigenvalue weighted by atomic mass is 16.1. The Kier molecular flexibility index (Phi) is 4.28. The first-order valence-electron chi connectivity index (χ1n) is 7.39. The van der Waals surface area contributed by atoms with Gasteiger partial charge in [0.2, 0.25) is 5.91 Å². The molecule has 0 aromatic heterocycles. The zero-order chi connectivity index (χ0) is 13.2. The van der Waals surface area contributed by atoms with Gasteiger partial charge in [0.1, 0.15) is 5.54 Å². The SMILES string of the molecule is CCCNC(CN1CCCC1C)(C(N)=O)C1CC1. The number of likely N-dealkylation sites (tertiary alicyclic amines) is 1. The normalized spacial score (nSPS) is 28.2. The van der Waals surface area contributed by atoms with E-state index in [2.05, 4.69) is 24.1 Å². The van der Waals surface area contributed by atoms with E-state index in [4.69, 9.17) is 5.73 Å². The van der Waals surface area contributed by atoms with Crippen molar-refractivity contribution in [1.82, 2.24) is 10.2 Å². The summed E-state index contributed by atoms with van der Waals surface area (Å²) in [5.74, 6) is 0.298. The molecule has 0 spiro atoms. The molecule has 2 rings (SSSR count). The van der Waals surface area contributed by atoms with Gasteiger partial charge in [-0.25, -0.2) is 0 Å². The summed E-state index contributed by atoms with van der Waals surface area (Å²) in [6, 6.07) is 0.589. The third-order valence-electron chi connectivity index (χ3n) is 4.55. The van der Waals surface area contributed by atoms with Gasteiger partial charge in [-0.05, 0) is 58.0 Å². The lowest BCUT2D eigenvalue weighted by Gasteiger charge is -2.37. The molecule has 104 valence electrons. The van der Waals surface area contributed by atoms with E-state index >= 15 is 0 Å². The van der Waals surface area contributed by atoms with Gasteiger partial charge in [0.15, 0.2) is 0 Å². The van der Waals surface area contributed by atoms with E-state index in [0.717, 1.165) is 38.9 Å². The van der Waals surface area contributed by atoms with Crippen LogP contribution in [0.1, 0.15) is 46.0 Å². The molecule has 2 aliphatic rings. The van der Waals surface area contributed by atoms with Crippen molar-refractivity contribution in [3.05, 3.63) is 0 Å². The van der Waals surface area contributed by atoms with Crippen LogP contribution in [0.3, 0.4) is 0 Å². The maximum absolute atomic E-state index is 12.0. The molecule has 3 N–H and O–H groups in total. The summed E-state index contributed by atoms with van der Waals surface area (Å²) >= 11 is 0. The first kappa shape index (κ1) is 13.8. The summed E-state index contributed by atoms with van der Waals surface area (Å²) in [7, 11) is 0. The van der Waals surface area contributed by atoms with Crippen molar-refractivity contribution in [3.8, 4) is 0 Å². The second-order valence-electron chi connectivity index (χ2n) is 6.00. The Hall–Kier alpha value is -0.610. The van der Waals surface area contributed by atoms with Gasteiger partial charge < -0.3 is 11.1 Å². The topological polar surface area (TPSA) is 58.4 Å². The maximum atomic E-state index is 12.0. The predicted molar refractivity (Wildman–Crippen MR) is 73.2 cm³/mol. The van der Waals surface area contributed by atoms with Gasteiger partial charge in [-0.1, -0.05) is 6.92 Å². The molecule has 4 heteroatoms. The van der Waals surface area contributed by atoms with Crippen molar-refractivity contribution in [1.29, 1.82) is 0 Å². The molecule has 1 saturated carbocycles. The molecule has 1 aliphatic carbocycles. The highest BCUT2D eigenvalue weighted by Crippen LogP contribution is 2.41. The Morgan fingerprint density at radius 3 is 2.61 bits per heavy atom. The minimum absolute atomic E-state index is 0.155. The fraction of sp³-hybridized carbons (Fsp3) is 0.929.